The van der Waals surface area contributed by atoms with Gasteiger partial charge in [-0.15, -0.1) is 0 Å². The Labute approximate surface area is 118 Å². The van der Waals surface area contributed by atoms with Crippen molar-refractivity contribution < 1.29 is 5.11 Å². The molecule has 2 heteroatoms. The van der Waals surface area contributed by atoms with Crippen molar-refractivity contribution in [3.8, 4) is 0 Å². The van der Waals surface area contributed by atoms with E-state index < -0.39 is 5.60 Å². The van der Waals surface area contributed by atoms with E-state index in [0.717, 1.165) is 44.9 Å². The molecule has 2 nitrogen and oxygen atoms in total. The van der Waals surface area contributed by atoms with E-state index in [0.29, 0.717) is 0 Å². The maximum atomic E-state index is 10.9. The third kappa shape index (κ3) is 5.33. The van der Waals surface area contributed by atoms with Gasteiger partial charge in [-0.1, -0.05) is 69.9 Å². The summed E-state index contributed by atoms with van der Waals surface area (Å²) in [6.45, 7) is 4.31. The predicted molar refractivity (Wildman–Crippen MR) is 82.1 cm³/mol. The second-order valence-corrected chi connectivity index (χ2v) is 5.61. The number of hydrogen-bond acceptors (Lipinski definition) is 2. The fourth-order valence-corrected chi connectivity index (χ4v) is 2.52. The lowest BCUT2D eigenvalue weighted by molar-refractivity contribution is -0.00605. The summed E-state index contributed by atoms with van der Waals surface area (Å²) in [6.07, 6.45) is 6.68. The average Bonchev–Trinajstić information content (AvgIpc) is 2.44. The zero-order valence-electron chi connectivity index (χ0n) is 12.4. The number of rotatable bonds is 9. The first-order chi connectivity index (χ1) is 9.12. The average molecular weight is 263 g/mol. The van der Waals surface area contributed by atoms with E-state index >= 15 is 0 Å². The van der Waals surface area contributed by atoms with Crippen LogP contribution in [-0.4, -0.2) is 16.7 Å². The largest absolute Gasteiger partial charge is 0.388 e. The van der Waals surface area contributed by atoms with Crippen LogP contribution in [0.5, 0.6) is 0 Å². The van der Waals surface area contributed by atoms with Crippen molar-refractivity contribution in [3.63, 3.8) is 0 Å². The molecule has 0 aliphatic heterocycles. The summed E-state index contributed by atoms with van der Waals surface area (Å²) in [6, 6.07) is 10.1. The van der Waals surface area contributed by atoms with Crippen LogP contribution in [0.25, 0.3) is 0 Å². The van der Waals surface area contributed by atoms with Gasteiger partial charge < -0.3 is 10.8 Å². The van der Waals surface area contributed by atoms with Crippen LogP contribution in [0.1, 0.15) is 57.9 Å². The molecule has 0 bridgehead atoms. The van der Waals surface area contributed by atoms with Gasteiger partial charge in [0, 0.05) is 6.04 Å². The van der Waals surface area contributed by atoms with Crippen molar-refractivity contribution in [3.05, 3.63) is 35.9 Å². The van der Waals surface area contributed by atoms with Gasteiger partial charge in [-0.3, -0.25) is 0 Å². The highest BCUT2D eigenvalue weighted by Crippen LogP contribution is 2.26. The summed E-state index contributed by atoms with van der Waals surface area (Å²) in [5.41, 5.74) is 6.82. The minimum atomic E-state index is -0.706. The fraction of sp³-hybridized carbons (Fsp3) is 0.647. The summed E-state index contributed by atoms with van der Waals surface area (Å²) in [7, 11) is 0. The Morgan fingerprint density at radius 3 is 2.05 bits per heavy atom. The Morgan fingerprint density at radius 2 is 1.58 bits per heavy atom. The molecule has 0 saturated carbocycles. The van der Waals surface area contributed by atoms with E-state index in [4.69, 9.17) is 5.73 Å². The Kier molecular flexibility index (Phi) is 7.11. The van der Waals surface area contributed by atoms with Crippen molar-refractivity contribution in [2.45, 2.75) is 70.4 Å². The quantitative estimate of drug-likeness (QED) is 0.714. The minimum absolute atomic E-state index is 0.173. The van der Waals surface area contributed by atoms with Gasteiger partial charge in [-0.05, 0) is 24.8 Å². The number of unbranched alkanes of at least 4 members (excludes halogenated alkanes) is 2. The molecule has 108 valence electrons. The lowest BCUT2D eigenvalue weighted by Gasteiger charge is -2.34. The maximum absolute atomic E-state index is 10.9. The molecular weight excluding hydrogens is 234 g/mol. The highest BCUT2D eigenvalue weighted by atomic mass is 16.3. The summed E-state index contributed by atoms with van der Waals surface area (Å²) in [4.78, 5) is 0. The Bertz CT molecular complexity index is 328. The van der Waals surface area contributed by atoms with Gasteiger partial charge >= 0.3 is 0 Å². The molecule has 0 amide bonds. The van der Waals surface area contributed by atoms with Crippen LogP contribution < -0.4 is 5.73 Å². The third-order valence-corrected chi connectivity index (χ3v) is 3.92. The van der Waals surface area contributed by atoms with Gasteiger partial charge in [-0.25, -0.2) is 0 Å². The summed E-state index contributed by atoms with van der Waals surface area (Å²) in [5, 5.41) is 10.9. The zero-order chi connectivity index (χ0) is 14.1. The first-order valence-electron chi connectivity index (χ1n) is 7.64. The molecule has 0 spiro atoms. The van der Waals surface area contributed by atoms with Crippen molar-refractivity contribution in [1.82, 2.24) is 0 Å². The Hall–Kier alpha value is -0.860. The van der Waals surface area contributed by atoms with E-state index in [9.17, 15) is 5.11 Å². The Balaban J connectivity index is 2.67. The van der Waals surface area contributed by atoms with Gasteiger partial charge in [-0.2, -0.15) is 0 Å². The SMILES string of the molecule is CCCCC(O)(CCCC)[C@@H](N)Cc1ccccc1. The van der Waals surface area contributed by atoms with Gasteiger partial charge in [0.2, 0.25) is 0 Å². The van der Waals surface area contributed by atoms with Crippen LogP contribution in [0.4, 0.5) is 0 Å². The molecule has 1 rings (SSSR count). The topological polar surface area (TPSA) is 46.2 Å². The molecule has 0 aromatic heterocycles. The van der Waals surface area contributed by atoms with Gasteiger partial charge in [0.15, 0.2) is 0 Å². The summed E-state index contributed by atoms with van der Waals surface area (Å²) >= 11 is 0. The lowest BCUT2D eigenvalue weighted by Crippen LogP contribution is -2.49. The van der Waals surface area contributed by atoms with E-state index in [-0.39, 0.29) is 6.04 Å². The van der Waals surface area contributed by atoms with Crippen molar-refractivity contribution in [2.75, 3.05) is 0 Å². The molecule has 1 aromatic rings. The second kappa shape index (κ2) is 8.34. The van der Waals surface area contributed by atoms with Crippen LogP contribution >= 0.6 is 0 Å². The minimum Gasteiger partial charge on any atom is -0.388 e. The molecule has 19 heavy (non-hydrogen) atoms. The predicted octanol–water partition coefficient (Wildman–Crippen LogP) is 3.67. The molecule has 0 unspecified atom stereocenters. The standard InChI is InChI=1S/C17H29NO/c1-3-5-12-17(19,13-6-4-2)16(18)14-15-10-8-7-9-11-15/h7-11,16,19H,3-6,12-14,18H2,1-2H3/t16-/m0/s1. The molecule has 0 saturated heterocycles. The van der Waals surface area contributed by atoms with Crippen molar-refractivity contribution in [2.24, 2.45) is 5.73 Å². The van der Waals surface area contributed by atoms with E-state index in [1.54, 1.807) is 0 Å². The smallest absolute Gasteiger partial charge is 0.0801 e. The summed E-state index contributed by atoms with van der Waals surface area (Å²) in [5.74, 6) is 0. The highest BCUT2D eigenvalue weighted by Gasteiger charge is 2.32. The van der Waals surface area contributed by atoms with Gasteiger partial charge in [0.05, 0.1) is 5.60 Å². The molecule has 0 aliphatic carbocycles. The van der Waals surface area contributed by atoms with Crippen LogP contribution in [0.3, 0.4) is 0 Å². The molecule has 0 radical (unpaired) electrons. The first-order valence-corrected chi connectivity index (χ1v) is 7.64. The van der Waals surface area contributed by atoms with Crippen molar-refractivity contribution in [1.29, 1.82) is 0 Å². The molecule has 1 aromatic carbocycles. The zero-order valence-corrected chi connectivity index (χ0v) is 12.4. The van der Waals surface area contributed by atoms with E-state index in [1.807, 2.05) is 18.2 Å². The molecule has 1 atom stereocenters. The normalized spacial score (nSPS) is 13.5. The van der Waals surface area contributed by atoms with E-state index in [1.165, 1.54) is 5.56 Å². The molecular formula is C17H29NO. The van der Waals surface area contributed by atoms with Crippen LogP contribution in [-0.2, 0) is 6.42 Å². The number of aliphatic hydroxyl groups is 1. The lowest BCUT2D eigenvalue weighted by atomic mass is 9.81. The molecule has 3 N–H and O–H groups in total. The number of nitrogens with two attached hydrogens (primary N) is 1. The Morgan fingerprint density at radius 1 is 1.05 bits per heavy atom. The monoisotopic (exact) mass is 263 g/mol. The van der Waals surface area contributed by atoms with Gasteiger partial charge in [0.25, 0.3) is 0 Å². The van der Waals surface area contributed by atoms with E-state index in [2.05, 4.69) is 26.0 Å². The molecule has 0 heterocycles. The third-order valence-electron chi connectivity index (χ3n) is 3.92. The van der Waals surface area contributed by atoms with Crippen LogP contribution in [0.2, 0.25) is 0 Å². The second-order valence-electron chi connectivity index (χ2n) is 5.61. The maximum Gasteiger partial charge on any atom is 0.0801 e. The fourth-order valence-electron chi connectivity index (χ4n) is 2.52. The first kappa shape index (κ1) is 16.2. The number of hydrogen-bond donors (Lipinski definition) is 2. The van der Waals surface area contributed by atoms with Crippen LogP contribution in [0, 0.1) is 0 Å². The van der Waals surface area contributed by atoms with Gasteiger partial charge in [0.1, 0.15) is 0 Å². The highest BCUT2D eigenvalue weighted by molar-refractivity contribution is 5.17. The number of benzene rings is 1. The molecule has 0 fully saturated rings. The molecule has 0 aliphatic rings. The summed E-state index contributed by atoms with van der Waals surface area (Å²) < 4.78 is 0. The van der Waals surface area contributed by atoms with Crippen LogP contribution in [0.15, 0.2) is 30.3 Å². The van der Waals surface area contributed by atoms with Crippen molar-refractivity contribution >= 4 is 0 Å².